The first-order valence-corrected chi connectivity index (χ1v) is 11.0. The van der Waals surface area contributed by atoms with Gasteiger partial charge >= 0.3 is 0 Å². The zero-order chi connectivity index (χ0) is 18.5. The van der Waals surface area contributed by atoms with Crippen LogP contribution in [0.4, 0.5) is 5.69 Å². The summed E-state index contributed by atoms with van der Waals surface area (Å²) in [6.07, 6.45) is 0.373. The molecule has 0 spiro atoms. The predicted octanol–water partition coefficient (Wildman–Crippen LogP) is 2.02. The smallest absolute Gasteiger partial charge is 0.256 e. The molecule has 1 saturated heterocycles. The van der Waals surface area contributed by atoms with Crippen molar-refractivity contribution in [1.82, 2.24) is 9.62 Å². The van der Waals surface area contributed by atoms with Crippen LogP contribution in [0.25, 0.3) is 0 Å². The molecule has 0 aliphatic carbocycles. The third-order valence-electron chi connectivity index (χ3n) is 4.46. The van der Waals surface area contributed by atoms with Crippen molar-refractivity contribution in [2.24, 2.45) is 0 Å². The molecule has 136 valence electrons. The molecule has 2 aliphatic rings. The SMILES string of the molecule is O=C1Nc2ccc(Br)cc2C(=O)N2CC[C@@H](NS(=O)(=O)c3cccs3)[C@@H]12. The molecular formula is C16H14BrN3O4S2. The van der Waals surface area contributed by atoms with Gasteiger partial charge in [-0.1, -0.05) is 22.0 Å². The summed E-state index contributed by atoms with van der Waals surface area (Å²) < 4.78 is 28.5. The number of amides is 2. The fourth-order valence-corrected chi connectivity index (χ4v) is 5.95. The van der Waals surface area contributed by atoms with Gasteiger partial charge in [-0.2, -0.15) is 0 Å². The van der Waals surface area contributed by atoms with E-state index in [9.17, 15) is 18.0 Å². The lowest BCUT2D eigenvalue weighted by molar-refractivity contribution is -0.120. The Kier molecular flexibility index (Phi) is 4.38. The third-order valence-corrected chi connectivity index (χ3v) is 7.84. The standard InChI is InChI=1S/C16H14BrN3O4S2/c17-9-3-4-11-10(8-9)16(22)20-6-5-12(14(20)15(21)18-11)19-26(23,24)13-2-1-7-25-13/h1-4,7-8,12,14,19H,5-6H2,(H,18,21)/t12-,14+/m1/s1. The molecule has 2 N–H and O–H groups in total. The number of hydrogen-bond donors (Lipinski definition) is 2. The van der Waals surface area contributed by atoms with Crippen LogP contribution in [0.1, 0.15) is 16.8 Å². The maximum Gasteiger partial charge on any atom is 0.256 e. The van der Waals surface area contributed by atoms with Crippen LogP contribution >= 0.6 is 27.3 Å². The van der Waals surface area contributed by atoms with Gasteiger partial charge in [-0.05, 0) is 36.1 Å². The minimum atomic E-state index is -3.73. The molecule has 2 aliphatic heterocycles. The van der Waals surface area contributed by atoms with E-state index < -0.39 is 28.0 Å². The Labute approximate surface area is 162 Å². The number of nitrogens with zero attached hydrogens (tertiary/aromatic N) is 1. The number of carbonyl (C=O) groups excluding carboxylic acids is 2. The maximum absolute atomic E-state index is 12.9. The number of benzene rings is 1. The van der Waals surface area contributed by atoms with Crippen molar-refractivity contribution >= 4 is 54.8 Å². The Hall–Kier alpha value is -1.75. The summed E-state index contributed by atoms with van der Waals surface area (Å²) in [6.45, 7) is 0.306. The number of anilines is 1. The first kappa shape index (κ1) is 17.7. The van der Waals surface area contributed by atoms with Gasteiger partial charge in [-0.15, -0.1) is 11.3 Å². The van der Waals surface area contributed by atoms with Gasteiger partial charge in [0.05, 0.1) is 17.3 Å². The summed E-state index contributed by atoms with van der Waals surface area (Å²) in [4.78, 5) is 27.1. The highest BCUT2D eigenvalue weighted by Crippen LogP contribution is 2.31. The van der Waals surface area contributed by atoms with Crippen LogP contribution in [0, 0.1) is 0 Å². The molecule has 2 aromatic rings. The quantitative estimate of drug-likeness (QED) is 0.739. The van der Waals surface area contributed by atoms with Crippen molar-refractivity contribution in [3.8, 4) is 0 Å². The van der Waals surface area contributed by atoms with E-state index >= 15 is 0 Å². The number of fused-ring (bicyclic) bond motifs is 2. The van der Waals surface area contributed by atoms with Gasteiger partial charge in [-0.25, -0.2) is 13.1 Å². The van der Waals surface area contributed by atoms with Gasteiger partial charge in [0.15, 0.2) is 0 Å². The van der Waals surface area contributed by atoms with Gasteiger partial charge in [0, 0.05) is 11.0 Å². The average Bonchev–Trinajstić information content (AvgIpc) is 3.23. The number of carbonyl (C=O) groups is 2. The second-order valence-electron chi connectivity index (χ2n) is 6.07. The lowest BCUT2D eigenvalue weighted by Crippen LogP contribution is -2.51. The first-order valence-electron chi connectivity index (χ1n) is 7.84. The van der Waals surface area contributed by atoms with E-state index in [1.807, 2.05) is 0 Å². The summed E-state index contributed by atoms with van der Waals surface area (Å²) in [7, 11) is -3.73. The summed E-state index contributed by atoms with van der Waals surface area (Å²) in [5.74, 6) is -0.682. The van der Waals surface area contributed by atoms with Crippen LogP contribution in [0.15, 0.2) is 44.4 Å². The minimum Gasteiger partial charge on any atom is -0.325 e. The second-order valence-corrected chi connectivity index (χ2v) is 9.88. The van der Waals surface area contributed by atoms with E-state index in [4.69, 9.17) is 0 Å². The Balaban J connectivity index is 1.66. The van der Waals surface area contributed by atoms with Crippen molar-refractivity contribution in [2.45, 2.75) is 22.7 Å². The summed E-state index contributed by atoms with van der Waals surface area (Å²) >= 11 is 4.43. The first-order chi connectivity index (χ1) is 12.4. The molecule has 10 heteroatoms. The van der Waals surface area contributed by atoms with Crippen molar-refractivity contribution in [1.29, 1.82) is 0 Å². The van der Waals surface area contributed by atoms with Crippen molar-refractivity contribution in [2.75, 3.05) is 11.9 Å². The predicted molar refractivity (Wildman–Crippen MR) is 101 cm³/mol. The van der Waals surface area contributed by atoms with Gasteiger partial charge in [-0.3, -0.25) is 9.59 Å². The molecule has 1 aromatic heterocycles. The topological polar surface area (TPSA) is 95.6 Å². The zero-order valence-corrected chi connectivity index (χ0v) is 16.5. The Morgan fingerprint density at radius 2 is 2.08 bits per heavy atom. The van der Waals surface area contributed by atoms with E-state index in [2.05, 4.69) is 26.0 Å². The molecule has 3 heterocycles. The monoisotopic (exact) mass is 455 g/mol. The van der Waals surface area contributed by atoms with Crippen molar-refractivity contribution in [3.05, 3.63) is 45.7 Å². The van der Waals surface area contributed by atoms with Crippen molar-refractivity contribution in [3.63, 3.8) is 0 Å². The number of hydrogen-bond acceptors (Lipinski definition) is 5. The van der Waals surface area contributed by atoms with Crippen LogP contribution in [-0.4, -0.2) is 43.8 Å². The molecule has 26 heavy (non-hydrogen) atoms. The van der Waals surface area contributed by atoms with Gasteiger partial charge in [0.1, 0.15) is 10.3 Å². The molecule has 7 nitrogen and oxygen atoms in total. The van der Waals surface area contributed by atoms with E-state index in [0.717, 1.165) is 15.8 Å². The van der Waals surface area contributed by atoms with E-state index in [1.165, 1.54) is 11.0 Å². The van der Waals surface area contributed by atoms with Gasteiger partial charge in [0.2, 0.25) is 15.9 Å². The molecule has 2 amide bonds. The van der Waals surface area contributed by atoms with Crippen LogP contribution < -0.4 is 10.0 Å². The summed E-state index contributed by atoms with van der Waals surface area (Å²) in [5.41, 5.74) is 0.814. The third kappa shape index (κ3) is 2.96. The lowest BCUT2D eigenvalue weighted by atomic mass is 10.1. The van der Waals surface area contributed by atoms with Gasteiger partial charge < -0.3 is 10.2 Å². The zero-order valence-electron chi connectivity index (χ0n) is 13.3. The largest absolute Gasteiger partial charge is 0.325 e. The van der Waals surface area contributed by atoms with E-state index in [1.54, 1.807) is 29.6 Å². The Bertz CT molecular complexity index is 991. The molecule has 0 bridgehead atoms. The van der Waals surface area contributed by atoms with Crippen LogP contribution in [0.5, 0.6) is 0 Å². The Morgan fingerprint density at radius 3 is 2.81 bits per heavy atom. The highest BCUT2D eigenvalue weighted by Gasteiger charge is 2.46. The minimum absolute atomic E-state index is 0.184. The molecule has 2 atom stereocenters. The second kappa shape index (κ2) is 6.45. The molecule has 0 radical (unpaired) electrons. The van der Waals surface area contributed by atoms with Crippen molar-refractivity contribution < 1.29 is 18.0 Å². The molecular weight excluding hydrogens is 442 g/mol. The lowest BCUT2D eigenvalue weighted by Gasteiger charge is -2.24. The van der Waals surface area contributed by atoms with Crippen LogP contribution in [0.2, 0.25) is 0 Å². The molecule has 1 aromatic carbocycles. The van der Waals surface area contributed by atoms with Crippen LogP contribution in [0.3, 0.4) is 0 Å². The average molecular weight is 456 g/mol. The van der Waals surface area contributed by atoms with Crippen LogP contribution in [-0.2, 0) is 14.8 Å². The number of sulfonamides is 1. The number of halogens is 1. The molecule has 4 rings (SSSR count). The summed E-state index contributed by atoms with van der Waals surface area (Å²) in [6, 6.07) is 6.64. The maximum atomic E-state index is 12.9. The molecule has 0 unspecified atom stereocenters. The fraction of sp³-hybridized carbons (Fsp3) is 0.250. The Morgan fingerprint density at radius 1 is 1.27 bits per heavy atom. The normalized spacial score (nSPS) is 22.6. The summed E-state index contributed by atoms with van der Waals surface area (Å²) in [5, 5.41) is 4.42. The van der Waals surface area contributed by atoms with E-state index in [0.29, 0.717) is 24.2 Å². The highest BCUT2D eigenvalue weighted by atomic mass is 79.9. The molecule has 1 fully saturated rings. The molecule has 0 saturated carbocycles. The van der Waals surface area contributed by atoms with Gasteiger partial charge in [0.25, 0.3) is 5.91 Å². The highest BCUT2D eigenvalue weighted by molar-refractivity contribution is 9.10. The number of thiophene rings is 1. The number of rotatable bonds is 3. The fourth-order valence-electron chi connectivity index (χ4n) is 3.31. The van der Waals surface area contributed by atoms with E-state index in [-0.39, 0.29) is 10.1 Å². The number of nitrogens with one attached hydrogen (secondary N) is 2.